The van der Waals surface area contributed by atoms with Crippen LogP contribution in [0, 0.1) is 5.82 Å². The molecule has 0 unspecified atom stereocenters. The highest BCUT2D eigenvalue weighted by molar-refractivity contribution is 6.46. The largest absolute Gasteiger partial charge is 0.507 e. The van der Waals surface area contributed by atoms with E-state index in [4.69, 9.17) is 14.2 Å². The Bertz CT molecular complexity index is 1100. The van der Waals surface area contributed by atoms with Gasteiger partial charge in [-0.2, -0.15) is 0 Å². The molecule has 0 bridgehead atoms. The van der Waals surface area contributed by atoms with Gasteiger partial charge in [-0.05, 0) is 50.5 Å². The number of aliphatic hydroxyl groups is 1. The van der Waals surface area contributed by atoms with E-state index in [2.05, 4.69) is 0 Å². The van der Waals surface area contributed by atoms with Crippen LogP contribution in [0.2, 0.25) is 0 Å². The Hall–Kier alpha value is -3.59. The number of ketones is 1. The zero-order chi connectivity index (χ0) is 24.3. The lowest BCUT2D eigenvalue weighted by Crippen LogP contribution is -2.35. The van der Waals surface area contributed by atoms with Gasteiger partial charge < -0.3 is 29.1 Å². The Morgan fingerprint density at radius 3 is 2.27 bits per heavy atom. The lowest BCUT2D eigenvalue weighted by atomic mass is 9.94. The average Bonchev–Trinajstić information content (AvgIpc) is 3.06. The van der Waals surface area contributed by atoms with Gasteiger partial charge in [-0.1, -0.05) is 0 Å². The van der Waals surface area contributed by atoms with Gasteiger partial charge in [0, 0.05) is 24.2 Å². The minimum atomic E-state index is -0.958. The molecule has 1 saturated heterocycles. The van der Waals surface area contributed by atoms with Crippen LogP contribution in [0.15, 0.2) is 42.0 Å². The second-order valence-corrected chi connectivity index (χ2v) is 7.75. The standard InChI is InChI=1S/C24H27FN2O6/c1-26(2)10-11-27-21(16-13-15(31-3)7-9-18(16)32-4)20(23(29)24(27)30)22(28)14-6-8-19(33-5)17(25)12-14/h6-9,12-13,21,28H,10-11H2,1-5H3/b22-20+/t21-/m1/s1. The maximum atomic E-state index is 14.3. The summed E-state index contributed by atoms with van der Waals surface area (Å²) in [6.45, 7) is 0.698. The number of likely N-dealkylation sites (N-methyl/N-ethyl adjacent to an activating group) is 1. The lowest BCUT2D eigenvalue weighted by Gasteiger charge is -2.28. The Kier molecular flexibility index (Phi) is 7.23. The first-order valence-corrected chi connectivity index (χ1v) is 10.2. The molecule has 2 aromatic rings. The summed E-state index contributed by atoms with van der Waals surface area (Å²) in [5.41, 5.74) is 0.353. The van der Waals surface area contributed by atoms with Crippen molar-refractivity contribution in [2.45, 2.75) is 6.04 Å². The number of Topliss-reactive ketones (excluding diaryl/α,β-unsaturated/α-hetero) is 1. The van der Waals surface area contributed by atoms with Crippen LogP contribution in [0.1, 0.15) is 17.2 Å². The summed E-state index contributed by atoms with van der Waals surface area (Å²) >= 11 is 0. The van der Waals surface area contributed by atoms with Gasteiger partial charge in [0.2, 0.25) is 0 Å². The molecule has 1 atom stereocenters. The van der Waals surface area contributed by atoms with Gasteiger partial charge in [-0.3, -0.25) is 9.59 Å². The van der Waals surface area contributed by atoms with E-state index in [9.17, 15) is 19.1 Å². The molecule has 1 N–H and O–H groups in total. The smallest absolute Gasteiger partial charge is 0.295 e. The molecular formula is C24H27FN2O6. The molecule has 33 heavy (non-hydrogen) atoms. The van der Waals surface area contributed by atoms with Gasteiger partial charge >= 0.3 is 0 Å². The second-order valence-electron chi connectivity index (χ2n) is 7.75. The van der Waals surface area contributed by atoms with E-state index < -0.39 is 29.3 Å². The lowest BCUT2D eigenvalue weighted by molar-refractivity contribution is -0.140. The predicted octanol–water partition coefficient (Wildman–Crippen LogP) is 2.83. The topological polar surface area (TPSA) is 88.5 Å². The summed E-state index contributed by atoms with van der Waals surface area (Å²) in [5.74, 6) is -1.94. The molecule has 8 nitrogen and oxygen atoms in total. The molecule has 0 spiro atoms. The van der Waals surface area contributed by atoms with Crippen LogP contribution in [0.4, 0.5) is 4.39 Å². The van der Waals surface area contributed by atoms with E-state index in [1.807, 2.05) is 19.0 Å². The Morgan fingerprint density at radius 1 is 1.03 bits per heavy atom. The van der Waals surface area contributed by atoms with Gasteiger partial charge in [0.05, 0.1) is 32.9 Å². The number of hydrogen-bond acceptors (Lipinski definition) is 7. The number of rotatable bonds is 8. The number of benzene rings is 2. The minimum Gasteiger partial charge on any atom is -0.507 e. The van der Waals surface area contributed by atoms with Crippen LogP contribution in [0.25, 0.3) is 5.76 Å². The fourth-order valence-corrected chi connectivity index (χ4v) is 3.76. The highest BCUT2D eigenvalue weighted by atomic mass is 19.1. The predicted molar refractivity (Wildman–Crippen MR) is 120 cm³/mol. The first kappa shape index (κ1) is 24.1. The van der Waals surface area contributed by atoms with Gasteiger partial charge in [0.15, 0.2) is 11.6 Å². The second kappa shape index (κ2) is 9.91. The minimum absolute atomic E-state index is 0.0102. The number of nitrogens with zero attached hydrogens (tertiary/aromatic N) is 2. The number of ether oxygens (including phenoxy) is 3. The molecule has 0 aliphatic carbocycles. The highest BCUT2D eigenvalue weighted by Crippen LogP contribution is 2.44. The number of halogens is 1. The molecule has 9 heteroatoms. The van der Waals surface area contributed by atoms with E-state index in [1.165, 1.54) is 38.4 Å². The highest BCUT2D eigenvalue weighted by Gasteiger charge is 2.47. The fourth-order valence-electron chi connectivity index (χ4n) is 3.76. The Morgan fingerprint density at radius 2 is 1.70 bits per heavy atom. The third-order valence-corrected chi connectivity index (χ3v) is 5.48. The van der Waals surface area contributed by atoms with Crippen LogP contribution in [0.5, 0.6) is 17.2 Å². The molecule has 0 aromatic heterocycles. The number of hydrogen-bond donors (Lipinski definition) is 1. The first-order valence-electron chi connectivity index (χ1n) is 10.2. The van der Waals surface area contributed by atoms with Crippen molar-refractivity contribution in [1.29, 1.82) is 0 Å². The van der Waals surface area contributed by atoms with Gasteiger partial charge in [-0.15, -0.1) is 0 Å². The summed E-state index contributed by atoms with van der Waals surface area (Å²) < 4.78 is 30.1. The summed E-state index contributed by atoms with van der Waals surface area (Å²) in [6.07, 6.45) is 0. The normalized spacial score (nSPS) is 17.5. The summed E-state index contributed by atoms with van der Waals surface area (Å²) in [5, 5.41) is 11.1. The molecule has 176 valence electrons. The number of aliphatic hydroxyl groups excluding tert-OH is 1. The number of carbonyl (C=O) groups is 2. The van der Waals surface area contributed by atoms with Crippen LogP contribution in [-0.4, -0.2) is 75.1 Å². The van der Waals surface area contributed by atoms with E-state index in [0.29, 0.717) is 23.6 Å². The van der Waals surface area contributed by atoms with Crippen molar-refractivity contribution in [3.63, 3.8) is 0 Å². The van der Waals surface area contributed by atoms with Gasteiger partial charge in [0.1, 0.15) is 17.3 Å². The molecule has 1 aliphatic heterocycles. The monoisotopic (exact) mass is 458 g/mol. The van der Waals surface area contributed by atoms with E-state index >= 15 is 0 Å². The molecule has 0 radical (unpaired) electrons. The molecule has 0 saturated carbocycles. The third-order valence-electron chi connectivity index (χ3n) is 5.48. The Labute approximate surface area is 191 Å². The van der Waals surface area contributed by atoms with Crippen molar-refractivity contribution >= 4 is 17.4 Å². The maximum Gasteiger partial charge on any atom is 0.295 e. The van der Waals surface area contributed by atoms with Gasteiger partial charge in [-0.25, -0.2) is 4.39 Å². The Balaban J connectivity index is 2.24. The maximum absolute atomic E-state index is 14.3. The van der Waals surface area contributed by atoms with Crippen LogP contribution >= 0.6 is 0 Å². The van der Waals surface area contributed by atoms with Crippen molar-refractivity contribution in [2.24, 2.45) is 0 Å². The molecule has 3 rings (SSSR count). The van der Waals surface area contributed by atoms with Crippen molar-refractivity contribution in [1.82, 2.24) is 9.80 Å². The SMILES string of the molecule is COc1ccc(OC)c([C@@H]2/C(=C(\O)c3ccc(OC)c(F)c3)C(=O)C(=O)N2CCN(C)C)c1. The van der Waals surface area contributed by atoms with Crippen LogP contribution in [0.3, 0.4) is 0 Å². The summed E-state index contributed by atoms with van der Waals surface area (Å²) in [4.78, 5) is 29.4. The van der Waals surface area contributed by atoms with Crippen molar-refractivity contribution in [3.8, 4) is 17.2 Å². The first-order chi connectivity index (χ1) is 15.7. The quantitative estimate of drug-likeness (QED) is 0.370. The van der Waals surface area contributed by atoms with Crippen LogP contribution in [-0.2, 0) is 9.59 Å². The molecule has 2 aromatic carbocycles. The third kappa shape index (κ3) is 4.63. The molecular weight excluding hydrogens is 431 g/mol. The fraction of sp³-hybridized carbons (Fsp3) is 0.333. The number of amides is 1. The zero-order valence-electron chi connectivity index (χ0n) is 19.2. The van der Waals surface area contributed by atoms with E-state index in [1.54, 1.807) is 18.2 Å². The van der Waals surface area contributed by atoms with E-state index in [0.717, 1.165) is 6.07 Å². The number of methoxy groups -OCH3 is 3. The molecule has 1 amide bonds. The van der Waals surface area contributed by atoms with Crippen molar-refractivity contribution < 1.29 is 33.3 Å². The summed E-state index contributed by atoms with van der Waals surface area (Å²) in [7, 11) is 7.98. The van der Waals surface area contributed by atoms with Gasteiger partial charge in [0.25, 0.3) is 11.7 Å². The molecule has 1 aliphatic rings. The van der Waals surface area contributed by atoms with E-state index in [-0.39, 0.29) is 23.4 Å². The average molecular weight is 458 g/mol. The van der Waals surface area contributed by atoms with Crippen molar-refractivity contribution in [2.75, 3.05) is 48.5 Å². The summed E-state index contributed by atoms with van der Waals surface area (Å²) in [6, 6.07) is 7.86. The van der Waals surface area contributed by atoms with Crippen LogP contribution < -0.4 is 14.2 Å². The number of likely N-dealkylation sites (tertiary alicyclic amines) is 1. The molecule has 1 heterocycles. The molecule has 1 fully saturated rings. The number of carbonyl (C=O) groups excluding carboxylic acids is 2. The van der Waals surface area contributed by atoms with Crippen molar-refractivity contribution in [3.05, 3.63) is 58.9 Å². The zero-order valence-corrected chi connectivity index (χ0v) is 19.2.